The summed E-state index contributed by atoms with van der Waals surface area (Å²) in [4.78, 5) is 27.4. The van der Waals surface area contributed by atoms with E-state index in [2.05, 4.69) is 46.7 Å². The molecule has 4 heterocycles. The van der Waals surface area contributed by atoms with E-state index in [-0.39, 0.29) is 101 Å². The van der Waals surface area contributed by atoms with Crippen LogP contribution in [0.1, 0.15) is 73.8 Å². The van der Waals surface area contributed by atoms with Gasteiger partial charge in [-0.3, -0.25) is 0 Å². The van der Waals surface area contributed by atoms with Crippen LogP contribution in [0.2, 0.25) is 10.1 Å². The molecule has 6 aromatic carbocycles. The lowest BCUT2D eigenvalue weighted by atomic mass is 10.1. The Morgan fingerprint density at radius 3 is 1.12 bits per heavy atom. The molecule has 10 rings (SSSR count). The summed E-state index contributed by atoms with van der Waals surface area (Å²) in [6.07, 6.45) is -14.2. The first-order valence-corrected chi connectivity index (χ1v) is 36.7. The average Bonchev–Trinajstić information content (AvgIpc) is 1.26. The van der Waals surface area contributed by atoms with Gasteiger partial charge in [-0.2, -0.15) is 31.9 Å². The monoisotopic (exact) mass is 1490 g/mol. The minimum absolute atomic E-state index is 0. The molecule has 4 unspecified atom stereocenters. The Kier molecular flexibility index (Phi) is 25.8. The van der Waals surface area contributed by atoms with Gasteiger partial charge in [-0.25, -0.2) is 27.2 Å². The van der Waals surface area contributed by atoms with Crippen molar-refractivity contribution in [3.05, 3.63) is 187 Å². The predicted molar refractivity (Wildman–Crippen MR) is 371 cm³/mol. The van der Waals surface area contributed by atoms with Gasteiger partial charge in [-0.1, -0.05) is 163 Å². The molecule has 4 atom stereocenters. The van der Waals surface area contributed by atoms with Gasteiger partial charge in [-0.15, -0.1) is 11.6 Å². The lowest BCUT2D eigenvalue weighted by Gasteiger charge is -2.44. The fraction of sp³-hybridized carbons (Fsp3) is 0.417. The molecule has 17 nitrogen and oxygen atoms in total. The maximum absolute atomic E-state index is 16.1. The van der Waals surface area contributed by atoms with Gasteiger partial charge >= 0.3 is 24.3 Å². The maximum Gasteiger partial charge on any atom is 0.416 e. The van der Waals surface area contributed by atoms with Crippen LogP contribution in [-0.4, -0.2) is 157 Å². The van der Waals surface area contributed by atoms with Gasteiger partial charge < -0.3 is 62.1 Å². The van der Waals surface area contributed by atoms with Crippen LogP contribution < -0.4 is 36.1 Å². The lowest BCUT2D eigenvalue weighted by Crippen LogP contribution is -2.67. The van der Waals surface area contributed by atoms with Crippen molar-refractivity contribution >= 4 is 94.2 Å². The summed E-state index contributed by atoms with van der Waals surface area (Å²) in [6, 6.07) is 44.9. The first-order valence-electron chi connectivity index (χ1n) is 32.3. The number of halogens is 11. The minimum atomic E-state index is -4.75. The highest BCUT2D eigenvalue weighted by Gasteiger charge is 2.54. The lowest BCUT2D eigenvalue weighted by molar-refractivity contribution is -0.222. The van der Waals surface area contributed by atoms with Crippen LogP contribution in [0.4, 0.5) is 55.3 Å². The number of carbonyl (C=O) groups is 2. The highest BCUT2D eigenvalue weighted by Crippen LogP contribution is 2.44. The van der Waals surface area contributed by atoms with Crippen molar-refractivity contribution in [2.75, 3.05) is 102 Å². The summed E-state index contributed by atoms with van der Waals surface area (Å²) in [6.45, 7) is 8.66. The van der Waals surface area contributed by atoms with Gasteiger partial charge in [0.2, 0.25) is 11.5 Å². The van der Waals surface area contributed by atoms with Crippen molar-refractivity contribution in [1.29, 1.82) is 0 Å². The number of alkyl halides is 11. The number of nitrogens with zero attached hydrogens (tertiary/aromatic N) is 3. The molecule has 0 spiro atoms. The molecule has 0 saturated carbocycles. The van der Waals surface area contributed by atoms with E-state index in [0.717, 1.165) is 81.2 Å². The third-order valence-electron chi connectivity index (χ3n) is 17.7. The Labute approximate surface area is 590 Å². The second kappa shape index (κ2) is 32.9. The number of benzene rings is 6. The van der Waals surface area contributed by atoms with Crippen molar-refractivity contribution in [3.8, 4) is 0 Å². The van der Waals surface area contributed by atoms with Crippen LogP contribution in [-0.2, 0) is 49.6 Å². The molecule has 0 radical (unpaired) electrons. The van der Waals surface area contributed by atoms with E-state index in [9.17, 15) is 35.9 Å². The SMILES string of the molecule is COC(=O)c1oc2ccc(C(F)(F)F)cc2c1N(CCCl)CC(F)(F)C1COC(CO[Si](c2ccccc2)(c2ccccc2)C(C)(C)C)CO1.COC(=O)c1oc2ccc(C(F)(F)F)cc2c1N(CCN=[NH2+])CC(F)(F)C1COC(CO[Si](c2ccccc2)(c2ccccc2)C(C)(C)C)CO1.[NH2-]. The number of hydrogen-bond acceptors (Lipinski definition) is 15. The van der Waals surface area contributed by atoms with Gasteiger partial charge in [0, 0.05) is 29.7 Å². The molecular weight excluding hydrogens is 1410 g/mol. The van der Waals surface area contributed by atoms with Gasteiger partial charge in [0.25, 0.3) is 28.5 Å². The summed E-state index contributed by atoms with van der Waals surface area (Å²) in [5.74, 6) is -10.6. The molecule has 2 saturated heterocycles. The normalized spacial score (nSPS) is 17.3. The molecule has 2 aliphatic rings. The quantitative estimate of drug-likeness (QED) is 0.0185. The van der Waals surface area contributed by atoms with Crippen LogP contribution in [0, 0.1) is 0 Å². The molecular formula is C72H82ClF10N5O12Si2. The van der Waals surface area contributed by atoms with Crippen molar-refractivity contribution < 1.29 is 105 Å². The van der Waals surface area contributed by atoms with E-state index < -0.39 is 126 Å². The number of carbonyl (C=O) groups excluding carboxylic acids is 2. The zero-order valence-corrected chi connectivity index (χ0v) is 60.1. The van der Waals surface area contributed by atoms with E-state index in [0.29, 0.717) is 0 Å². The van der Waals surface area contributed by atoms with E-state index in [1.54, 1.807) is 0 Å². The van der Waals surface area contributed by atoms with E-state index in [4.69, 9.17) is 63.2 Å². The fourth-order valence-corrected chi connectivity index (χ4v) is 22.3. The van der Waals surface area contributed by atoms with Gasteiger partial charge in [-0.05, 0) is 72.3 Å². The molecule has 2 aromatic heterocycles. The number of hydrogen-bond donors (Lipinski definition) is 1. The molecule has 30 heteroatoms. The number of furan rings is 2. The molecule has 102 heavy (non-hydrogen) atoms. The maximum atomic E-state index is 16.1. The summed E-state index contributed by atoms with van der Waals surface area (Å²) in [5, 5.41) is 6.67. The second-order valence-electron chi connectivity index (χ2n) is 26.4. The highest BCUT2D eigenvalue weighted by molar-refractivity contribution is 7.00. The van der Waals surface area contributed by atoms with E-state index in [1.807, 2.05) is 121 Å². The zero-order valence-electron chi connectivity index (χ0n) is 57.4. The third kappa shape index (κ3) is 17.6. The van der Waals surface area contributed by atoms with Crippen molar-refractivity contribution in [1.82, 2.24) is 0 Å². The minimum Gasteiger partial charge on any atom is -0.693 e. The summed E-state index contributed by atoms with van der Waals surface area (Å²) < 4.78 is 204. The zero-order chi connectivity index (χ0) is 73.3. The molecule has 0 aliphatic carbocycles. The number of fused-ring (bicyclic) bond motifs is 2. The van der Waals surface area contributed by atoms with Gasteiger partial charge in [0.15, 0.2) is 0 Å². The number of ether oxygens (including phenoxy) is 6. The van der Waals surface area contributed by atoms with Crippen LogP contribution in [0.15, 0.2) is 172 Å². The summed E-state index contributed by atoms with van der Waals surface area (Å²) in [5.41, 5.74) is 2.39. The first kappa shape index (κ1) is 80.0. The fourth-order valence-electron chi connectivity index (χ4n) is 12.9. The smallest absolute Gasteiger partial charge is 0.416 e. The Morgan fingerprint density at radius 2 is 0.843 bits per heavy atom. The number of rotatable bonds is 25. The molecule has 2 aliphatic heterocycles. The van der Waals surface area contributed by atoms with Crippen molar-refractivity contribution in [2.45, 2.75) is 100 Å². The number of methoxy groups -OCH3 is 2. The highest BCUT2D eigenvalue weighted by atomic mass is 35.5. The van der Waals surface area contributed by atoms with Gasteiger partial charge in [0.05, 0.1) is 89.5 Å². The van der Waals surface area contributed by atoms with Crippen LogP contribution in [0.25, 0.3) is 28.1 Å². The van der Waals surface area contributed by atoms with Crippen LogP contribution in [0.5, 0.6) is 0 Å². The molecule has 4 N–H and O–H groups in total. The van der Waals surface area contributed by atoms with Crippen molar-refractivity contribution in [3.63, 3.8) is 0 Å². The summed E-state index contributed by atoms with van der Waals surface area (Å²) in [7, 11) is -3.78. The Morgan fingerprint density at radius 1 is 0.510 bits per heavy atom. The van der Waals surface area contributed by atoms with E-state index in [1.165, 1.54) is 0 Å². The topological polar surface area (TPSA) is 212 Å². The molecule has 0 bridgehead atoms. The predicted octanol–water partition coefficient (Wildman–Crippen LogP) is 13.2. The second-order valence-corrected chi connectivity index (χ2v) is 35.4. The Balaban J connectivity index is 0.000000256. The van der Waals surface area contributed by atoms with E-state index >= 15 is 17.6 Å². The first-order chi connectivity index (χ1) is 47.7. The number of nitrogens with two attached hydrogens (primary N) is 2. The van der Waals surface area contributed by atoms with Crippen LogP contribution >= 0.6 is 11.6 Å². The Hall–Kier alpha value is -7.72. The molecule has 0 amide bonds. The molecule has 552 valence electrons. The summed E-state index contributed by atoms with van der Waals surface area (Å²) >= 11 is 5.98. The van der Waals surface area contributed by atoms with Crippen molar-refractivity contribution in [2.24, 2.45) is 5.11 Å². The van der Waals surface area contributed by atoms with Gasteiger partial charge in [0.1, 0.15) is 42.1 Å². The number of anilines is 2. The Bertz CT molecular complexity index is 3980. The standard InChI is InChI=1S/C36H39ClF5NO6Si.C36H40F5N3O6Si.H2N/c1-34(2,3)50(26-11-7-5-8-12-26,27-13-9-6-10-14-27)48-21-25-20-47-30(22-46-25)35(38,39)23-43(18-17-37)31-28-19-24(36(40,41)42)15-16-29(28)49-32(31)33(44)45-4;1-34(2,3)51(26-11-7-5-8-12-26,27-13-9-6-10-14-27)49-21-25-20-48-30(22-47-25)35(37,38)23-44(18-17-43-42)31-28-19-24(36(39,40)41)15-16-29(28)50-32(31)33(45)46-4;/h5-16,19,25,30H,17-18,20-23H2,1-4H3;5-16,19,25,30,42H,17-18,20-23H2,1-4H3;1H2/q;;-1/p+1. The molecule has 8 aromatic rings. The third-order valence-corrected chi connectivity index (χ3v) is 27.9. The number of esters is 2. The average molecular weight is 1490 g/mol. The van der Waals surface area contributed by atoms with Crippen LogP contribution in [0.3, 0.4) is 0 Å². The molecule has 2 fully saturated rings. The largest absolute Gasteiger partial charge is 0.693 e.